The van der Waals surface area contributed by atoms with E-state index in [2.05, 4.69) is 0 Å². The Hall–Kier alpha value is -0.790. The number of halogens is 2. The maximum atomic E-state index is 10.4. The van der Waals surface area contributed by atoms with Crippen LogP contribution in [0, 0.1) is 0 Å². The summed E-state index contributed by atoms with van der Waals surface area (Å²) in [6.07, 6.45) is 1.18. The van der Waals surface area contributed by atoms with E-state index in [1.165, 1.54) is 6.08 Å². The number of allylic oxidation sites excluding steroid dienone is 1. The van der Waals surface area contributed by atoms with Crippen molar-refractivity contribution in [2.45, 2.75) is 0 Å². The Kier molecular flexibility index (Phi) is 3.32. The minimum absolute atomic E-state index is 0.357. The molecule has 62 valence electrons. The topological polar surface area (TPSA) is 17.1 Å². The first-order chi connectivity index (χ1) is 5.70. The molecule has 0 saturated carbocycles. The van der Waals surface area contributed by atoms with Gasteiger partial charge in [-0.25, -0.2) is 0 Å². The second kappa shape index (κ2) is 4.29. The first-order valence-corrected chi connectivity index (χ1v) is 4.08. The maximum Gasteiger partial charge on any atom is 0.246 e. The van der Waals surface area contributed by atoms with Gasteiger partial charge < -0.3 is 0 Å². The molecule has 1 aromatic carbocycles. The van der Waals surface area contributed by atoms with Crippen molar-refractivity contribution in [2.75, 3.05) is 0 Å². The Balaban J connectivity index is 2.93. The van der Waals surface area contributed by atoms with Gasteiger partial charge >= 0.3 is 0 Å². The molecule has 1 aromatic rings. The van der Waals surface area contributed by atoms with E-state index in [4.69, 9.17) is 23.2 Å². The van der Waals surface area contributed by atoms with E-state index in [0.717, 1.165) is 5.56 Å². The molecule has 0 aromatic heterocycles. The second-order valence-electron chi connectivity index (χ2n) is 2.16. The molecule has 0 heterocycles. The summed E-state index contributed by atoms with van der Waals surface area (Å²) >= 11 is 10.9. The van der Waals surface area contributed by atoms with E-state index in [9.17, 15) is 4.79 Å². The normalized spacial score (nSPS) is 11.3. The molecule has 0 saturated heterocycles. The molecule has 0 atom stereocenters. The van der Waals surface area contributed by atoms with Crippen molar-refractivity contribution < 1.29 is 4.79 Å². The van der Waals surface area contributed by atoms with E-state index in [1.807, 2.05) is 18.2 Å². The molecule has 1 rings (SSSR count). The van der Waals surface area contributed by atoms with Crippen molar-refractivity contribution in [2.24, 2.45) is 0 Å². The largest absolute Gasteiger partial charge is 0.276 e. The number of carbonyl (C=O) groups excluding carboxylic acids is 1. The van der Waals surface area contributed by atoms with Gasteiger partial charge in [-0.2, -0.15) is 0 Å². The lowest BCUT2D eigenvalue weighted by Gasteiger charge is -1.95. The van der Waals surface area contributed by atoms with Crippen LogP contribution in [0.2, 0.25) is 0 Å². The quantitative estimate of drug-likeness (QED) is 0.530. The molecule has 0 spiro atoms. The first kappa shape index (κ1) is 9.30. The van der Waals surface area contributed by atoms with Crippen molar-refractivity contribution in [3.8, 4) is 0 Å². The Bertz CT molecular complexity index is 304. The lowest BCUT2D eigenvalue weighted by Crippen LogP contribution is -1.80. The Labute approximate surface area is 80.6 Å². The summed E-state index contributed by atoms with van der Waals surface area (Å²) in [6, 6.07) is 9.15. The van der Waals surface area contributed by atoms with Gasteiger partial charge in [0.1, 0.15) is 0 Å². The Morgan fingerprint density at radius 1 is 1.17 bits per heavy atom. The van der Waals surface area contributed by atoms with Gasteiger partial charge in [-0.05, 0) is 17.2 Å². The van der Waals surface area contributed by atoms with Gasteiger partial charge in [0.05, 0.1) is 5.03 Å². The van der Waals surface area contributed by atoms with Crippen LogP contribution in [0.15, 0.2) is 36.4 Å². The summed E-state index contributed by atoms with van der Waals surface area (Å²) in [5.41, 5.74) is 0.785. The standard InChI is InChI=1S/C9H6Cl2O/c10-8(6-9(11)12)7-4-2-1-3-5-7/h1-6H. The molecule has 0 aliphatic rings. The molecule has 0 N–H and O–H groups in total. The van der Waals surface area contributed by atoms with Gasteiger partial charge in [0.2, 0.25) is 5.24 Å². The van der Waals surface area contributed by atoms with E-state index in [-0.39, 0.29) is 0 Å². The van der Waals surface area contributed by atoms with Crippen LogP contribution in [0.25, 0.3) is 5.03 Å². The van der Waals surface area contributed by atoms with Crippen LogP contribution in [0.3, 0.4) is 0 Å². The van der Waals surface area contributed by atoms with E-state index in [1.54, 1.807) is 12.1 Å². The summed E-state index contributed by atoms with van der Waals surface area (Å²) in [5, 5.41) is -0.209. The van der Waals surface area contributed by atoms with Crippen LogP contribution in [0.4, 0.5) is 0 Å². The molecule has 0 aliphatic carbocycles. The van der Waals surface area contributed by atoms with E-state index >= 15 is 0 Å². The number of hydrogen-bond donors (Lipinski definition) is 0. The van der Waals surface area contributed by atoms with Gasteiger partial charge in [-0.1, -0.05) is 41.9 Å². The third-order valence-electron chi connectivity index (χ3n) is 1.29. The molecule has 0 radical (unpaired) electrons. The molecule has 0 bridgehead atoms. The highest BCUT2D eigenvalue weighted by molar-refractivity contribution is 6.68. The van der Waals surface area contributed by atoms with E-state index < -0.39 is 5.24 Å². The highest BCUT2D eigenvalue weighted by atomic mass is 35.5. The van der Waals surface area contributed by atoms with Crippen LogP contribution in [0.1, 0.15) is 5.56 Å². The fraction of sp³-hybridized carbons (Fsp3) is 0. The number of hydrogen-bond acceptors (Lipinski definition) is 1. The minimum atomic E-state index is -0.566. The van der Waals surface area contributed by atoms with Crippen LogP contribution in [-0.2, 0) is 4.79 Å². The molecular weight excluding hydrogens is 195 g/mol. The molecule has 1 nitrogen and oxygen atoms in total. The third kappa shape index (κ3) is 2.68. The van der Waals surface area contributed by atoms with Gasteiger partial charge in [0.25, 0.3) is 0 Å². The van der Waals surface area contributed by atoms with Crippen molar-refractivity contribution in [1.82, 2.24) is 0 Å². The second-order valence-corrected chi connectivity index (χ2v) is 2.94. The summed E-state index contributed by atoms with van der Waals surface area (Å²) in [4.78, 5) is 10.4. The molecule has 0 unspecified atom stereocenters. The zero-order valence-corrected chi connectivity index (χ0v) is 7.64. The number of benzene rings is 1. The Morgan fingerprint density at radius 3 is 2.25 bits per heavy atom. The third-order valence-corrected chi connectivity index (χ3v) is 1.73. The fourth-order valence-corrected chi connectivity index (χ4v) is 1.17. The zero-order valence-electron chi connectivity index (χ0n) is 6.13. The molecule has 0 aliphatic heterocycles. The average molecular weight is 201 g/mol. The summed E-state index contributed by atoms with van der Waals surface area (Å²) < 4.78 is 0. The van der Waals surface area contributed by atoms with Crippen molar-refractivity contribution >= 4 is 33.5 Å². The monoisotopic (exact) mass is 200 g/mol. The van der Waals surface area contributed by atoms with E-state index in [0.29, 0.717) is 5.03 Å². The first-order valence-electron chi connectivity index (χ1n) is 3.32. The lowest BCUT2D eigenvalue weighted by atomic mass is 10.2. The van der Waals surface area contributed by atoms with Crippen LogP contribution in [0.5, 0.6) is 0 Å². The Morgan fingerprint density at radius 2 is 1.75 bits per heavy atom. The predicted octanol–water partition coefficient (Wildman–Crippen LogP) is 3.03. The molecular formula is C9H6Cl2O. The van der Waals surface area contributed by atoms with Crippen molar-refractivity contribution in [3.63, 3.8) is 0 Å². The summed E-state index contributed by atoms with van der Waals surface area (Å²) in [7, 11) is 0. The lowest BCUT2D eigenvalue weighted by molar-refractivity contribution is -0.107. The van der Waals surface area contributed by atoms with Crippen LogP contribution in [-0.4, -0.2) is 5.24 Å². The highest BCUT2D eigenvalue weighted by Gasteiger charge is 1.97. The minimum Gasteiger partial charge on any atom is -0.276 e. The van der Waals surface area contributed by atoms with Crippen molar-refractivity contribution in [1.29, 1.82) is 0 Å². The van der Waals surface area contributed by atoms with Gasteiger partial charge in [-0.3, -0.25) is 4.79 Å². The van der Waals surface area contributed by atoms with Gasteiger partial charge in [0.15, 0.2) is 0 Å². The smallest absolute Gasteiger partial charge is 0.246 e. The van der Waals surface area contributed by atoms with Crippen LogP contribution >= 0.6 is 23.2 Å². The average Bonchev–Trinajstić information content (AvgIpc) is 2.05. The molecule has 0 amide bonds. The van der Waals surface area contributed by atoms with Gasteiger partial charge in [0, 0.05) is 6.08 Å². The number of carbonyl (C=O) groups is 1. The molecule has 0 fully saturated rings. The molecule has 12 heavy (non-hydrogen) atoms. The summed E-state index contributed by atoms with van der Waals surface area (Å²) in [6.45, 7) is 0. The summed E-state index contributed by atoms with van der Waals surface area (Å²) in [5.74, 6) is 0. The predicted molar refractivity (Wildman–Crippen MR) is 51.1 cm³/mol. The SMILES string of the molecule is O=C(Cl)C=C(Cl)c1ccccc1. The zero-order chi connectivity index (χ0) is 8.97. The fourth-order valence-electron chi connectivity index (χ4n) is 0.780. The number of rotatable bonds is 2. The van der Waals surface area contributed by atoms with Gasteiger partial charge in [-0.15, -0.1) is 0 Å². The molecule has 3 heteroatoms. The maximum absolute atomic E-state index is 10.4. The highest BCUT2D eigenvalue weighted by Crippen LogP contribution is 2.18. The van der Waals surface area contributed by atoms with Crippen molar-refractivity contribution in [3.05, 3.63) is 42.0 Å². The van der Waals surface area contributed by atoms with Crippen LogP contribution < -0.4 is 0 Å².